The normalized spacial score (nSPS) is 15.6. The van der Waals surface area contributed by atoms with Crippen LogP contribution in [0.3, 0.4) is 0 Å². The van der Waals surface area contributed by atoms with E-state index in [0.717, 1.165) is 53.3 Å². The van der Waals surface area contributed by atoms with Gasteiger partial charge in [-0.15, -0.1) is 11.3 Å². The van der Waals surface area contributed by atoms with Crippen molar-refractivity contribution in [1.82, 2.24) is 9.97 Å². The van der Waals surface area contributed by atoms with Crippen molar-refractivity contribution in [2.24, 2.45) is 0 Å². The molecule has 5 nitrogen and oxygen atoms in total. The van der Waals surface area contributed by atoms with Gasteiger partial charge in [0.15, 0.2) is 5.16 Å². The third kappa shape index (κ3) is 3.03. The van der Waals surface area contributed by atoms with Crippen molar-refractivity contribution in [1.29, 1.82) is 0 Å². The fourth-order valence-corrected chi connectivity index (χ4v) is 6.96. The highest BCUT2D eigenvalue weighted by Crippen LogP contribution is 2.39. The van der Waals surface area contributed by atoms with E-state index in [1.807, 2.05) is 6.07 Å². The average Bonchev–Trinajstić information content (AvgIpc) is 3.34. The van der Waals surface area contributed by atoms with Crippen LogP contribution in [0.5, 0.6) is 0 Å². The van der Waals surface area contributed by atoms with Crippen LogP contribution in [0.2, 0.25) is 0 Å². The first-order valence-corrected chi connectivity index (χ1v) is 12.2. The van der Waals surface area contributed by atoms with E-state index in [1.54, 1.807) is 17.4 Å². The lowest BCUT2D eigenvalue weighted by atomic mass is 9.97. The zero-order valence-electron chi connectivity index (χ0n) is 16.5. The van der Waals surface area contributed by atoms with Crippen molar-refractivity contribution in [3.8, 4) is 0 Å². The Bertz CT molecular complexity index is 1370. The van der Waals surface area contributed by atoms with Crippen molar-refractivity contribution in [3.63, 3.8) is 0 Å². The number of anilines is 1. The number of thioether (sulfide) groups is 1. The van der Waals surface area contributed by atoms with E-state index in [9.17, 15) is 4.79 Å². The molecule has 3 aromatic heterocycles. The molecule has 30 heavy (non-hydrogen) atoms. The maximum atomic E-state index is 12.1. The van der Waals surface area contributed by atoms with Gasteiger partial charge in [-0.2, -0.15) is 0 Å². The van der Waals surface area contributed by atoms with Crippen molar-refractivity contribution >= 4 is 50.1 Å². The molecule has 6 rings (SSSR count). The molecule has 1 aromatic carbocycles. The molecule has 0 aliphatic heterocycles. The van der Waals surface area contributed by atoms with Crippen molar-refractivity contribution < 1.29 is 4.42 Å². The molecule has 4 aromatic rings. The maximum Gasteiger partial charge on any atom is 0.336 e. The van der Waals surface area contributed by atoms with Gasteiger partial charge in [0.2, 0.25) is 0 Å². The van der Waals surface area contributed by atoms with Crippen molar-refractivity contribution in [2.75, 3.05) is 5.73 Å². The molecule has 0 fully saturated rings. The Morgan fingerprint density at radius 1 is 1.03 bits per heavy atom. The molecular formula is C23H21N3O2S2. The number of thiophene rings is 1. The molecule has 152 valence electrons. The Morgan fingerprint density at radius 2 is 1.87 bits per heavy atom. The van der Waals surface area contributed by atoms with Gasteiger partial charge in [0, 0.05) is 22.1 Å². The van der Waals surface area contributed by atoms with Gasteiger partial charge in [0.1, 0.15) is 16.2 Å². The summed E-state index contributed by atoms with van der Waals surface area (Å²) in [7, 11) is 0. The molecule has 0 radical (unpaired) electrons. The lowest BCUT2D eigenvalue weighted by Crippen LogP contribution is -2.02. The van der Waals surface area contributed by atoms with E-state index in [-0.39, 0.29) is 5.63 Å². The van der Waals surface area contributed by atoms with E-state index in [2.05, 4.69) is 11.1 Å². The molecule has 2 aliphatic carbocycles. The highest BCUT2D eigenvalue weighted by atomic mass is 32.2. The number of fused-ring (bicyclic) bond motifs is 5. The van der Waals surface area contributed by atoms with Crippen LogP contribution >= 0.6 is 23.1 Å². The fourth-order valence-electron chi connectivity index (χ4n) is 4.79. The van der Waals surface area contributed by atoms with Crippen LogP contribution in [0.4, 0.5) is 5.82 Å². The molecule has 0 amide bonds. The molecule has 7 heteroatoms. The Kier molecular flexibility index (Phi) is 4.35. The summed E-state index contributed by atoms with van der Waals surface area (Å²) in [5, 5.41) is 2.74. The van der Waals surface area contributed by atoms with Crippen molar-refractivity contribution in [3.05, 3.63) is 55.8 Å². The first-order valence-electron chi connectivity index (χ1n) is 10.4. The van der Waals surface area contributed by atoms with Crippen LogP contribution in [0.25, 0.3) is 21.2 Å². The molecule has 0 saturated carbocycles. The molecule has 0 saturated heterocycles. The molecule has 0 atom stereocenters. The maximum absolute atomic E-state index is 12.1. The summed E-state index contributed by atoms with van der Waals surface area (Å²) in [6.45, 7) is 0. The number of benzene rings is 1. The summed E-state index contributed by atoms with van der Waals surface area (Å²) in [4.78, 5) is 23.9. The molecule has 0 unspecified atom stereocenters. The number of nitrogen functional groups attached to an aromatic ring is 1. The highest BCUT2D eigenvalue weighted by molar-refractivity contribution is 7.98. The topological polar surface area (TPSA) is 82.0 Å². The minimum absolute atomic E-state index is 0.308. The third-order valence-electron chi connectivity index (χ3n) is 6.22. The van der Waals surface area contributed by atoms with Gasteiger partial charge >= 0.3 is 5.63 Å². The predicted molar refractivity (Wildman–Crippen MR) is 123 cm³/mol. The number of aryl methyl sites for hydroxylation is 4. The second-order valence-corrected chi connectivity index (χ2v) is 10.2. The Morgan fingerprint density at radius 3 is 2.77 bits per heavy atom. The second-order valence-electron chi connectivity index (χ2n) is 8.13. The minimum atomic E-state index is -0.308. The number of hydrogen-bond acceptors (Lipinski definition) is 7. The SMILES string of the molecule is Nc1nc(SCc2cc(=O)oc3cc4c(cc23)CCC4)nc2sc3c(c12)CCCC3. The summed E-state index contributed by atoms with van der Waals surface area (Å²) in [6, 6.07) is 5.84. The zero-order chi connectivity index (χ0) is 20.2. The molecule has 0 spiro atoms. The number of hydrogen-bond donors (Lipinski definition) is 1. The minimum Gasteiger partial charge on any atom is -0.423 e. The van der Waals surface area contributed by atoms with Gasteiger partial charge < -0.3 is 10.2 Å². The van der Waals surface area contributed by atoms with E-state index in [0.29, 0.717) is 22.3 Å². The highest BCUT2D eigenvalue weighted by Gasteiger charge is 2.21. The standard InChI is InChI=1S/C23H21N3O2S2/c24-21-20-15-6-1-2-7-18(15)30-22(20)26-23(25-21)29-11-14-10-19(27)28-17-9-13-5-3-4-12(13)8-16(14)17/h8-10H,1-7,11H2,(H2,24,25,26). The largest absolute Gasteiger partial charge is 0.423 e. The van der Waals surface area contributed by atoms with Crippen LogP contribution in [0.1, 0.15) is 46.4 Å². The van der Waals surface area contributed by atoms with Crippen LogP contribution in [-0.2, 0) is 31.4 Å². The Balaban J connectivity index is 1.36. The van der Waals surface area contributed by atoms with Crippen LogP contribution < -0.4 is 11.4 Å². The van der Waals surface area contributed by atoms with Crippen LogP contribution in [0.15, 0.2) is 32.6 Å². The summed E-state index contributed by atoms with van der Waals surface area (Å²) < 4.78 is 5.49. The van der Waals surface area contributed by atoms with Gasteiger partial charge in [0.25, 0.3) is 0 Å². The summed E-state index contributed by atoms with van der Waals surface area (Å²) >= 11 is 3.29. The second kappa shape index (κ2) is 7.10. The zero-order valence-corrected chi connectivity index (χ0v) is 18.1. The number of aromatic nitrogens is 2. The lowest BCUT2D eigenvalue weighted by Gasteiger charge is -2.11. The molecular weight excluding hydrogens is 414 g/mol. The van der Waals surface area contributed by atoms with Crippen LogP contribution in [0, 0.1) is 0 Å². The smallest absolute Gasteiger partial charge is 0.336 e. The van der Waals surface area contributed by atoms with Crippen molar-refractivity contribution in [2.45, 2.75) is 55.9 Å². The van der Waals surface area contributed by atoms with Gasteiger partial charge in [0.05, 0.1) is 5.39 Å². The molecule has 2 N–H and O–H groups in total. The van der Waals surface area contributed by atoms with Gasteiger partial charge in [-0.1, -0.05) is 11.8 Å². The molecule has 2 aliphatic rings. The number of nitrogens with two attached hydrogens (primary N) is 1. The van der Waals surface area contributed by atoms with E-state index >= 15 is 0 Å². The quantitative estimate of drug-likeness (QED) is 0.276. The first kappa shape index (κ1) is 18.4. The predicted octanol–water partition coefficient (Wildman–Crippen LogP) is 5.04. The van der Waals surface area contributed by atoms with Gasteiger partial charge in [-0.25, -0.2) is 14.8 Å². The van der Waals surface area contributed by atoms with E-state index < -0.39 is 0 Å². The van der Waals surface area contributed by atoms with Gasteiger partial charge in [-0.3, -0.25) is 0 Å². The van der Waals surface area contributed by atoms with E-state index in [4.69, 9.17) is 15.1 Å². The molecule has 0 bridgehead atoms. The van der Waals surface area contributed by atoms with E-state index in [1.165, 1.54) is 46.2 Å². The summed E-state index contributed by atoms with van der Waals surface area (Å²) in [6.07, 6.45) is 7.96. The third-order valence-corrected chi connectivity index (χ3v) is 8.30. The monoisotopic (exact) mass is 435 g/mol. The Labute approximate surface area is 181 Å². The fraction of sp³-hybridized carbons (Fsp3) is 0.348. The number of rotatable bonds is 3. The Hall–Kier alpha value is -2.38. The molecule has 3 heterocycles. The number of nitrogens with zero attached hydrogens (tertiary/aromatic N) is 2. The van der Waals surface area contributed by atoms with Crippen LogP contribution in [-0.4, -0.2) is 9.97 Å². The first-order chi connectivity index (χ1) is 14.7. The average molecular weight is 436 g/mol. The lowest BCUT2D eigenvalue weighted by molar-refractivity contribution is 0.559. The summed E-state index contributed by atoms with van der Waals surface area (Å²) in [5.74, 6) is 1.19. The van der Waals surface area contributed by atoms with Gasteiger partial charge in [-0.05, 0) is 79.3 Å². The summed E-state index contributed by atoms with van der Waals surface area (Å²) in [5.41, 5.74) is 11.7.